The van der Waals surface area contributed by atoms with Crippen molar-refractivity contribution in [1.29, 1.82) is 0 Å². The largest absolute Gasteiger partial charge is 0.392 e. The van der Waals surface area contributed by atoms with Crippen molar-refractivity contribution in [3.63, 3.8) is 0 Å². The van der Waals surface area contributed by atoms with Crippen LogP contribution in [0.4, 0.5) is 11.5 Å². The summed E-state index contributed by atoms with van der Waals surface area (Å²) < 4.78 is 0. The maximum absolute atomic E-state index is 10.9. The number of nitrogens with zero attached hydrogens (tertiary/aromatic N) is 2. The van der Waals surface area contributed by atoms with Crippen molar-refractivity contribution in [2.75, 3.05) is 11.9 Å². The van der Waals surface area contributed by atoms with Crippen LogP contribution >= 0.6 is 11.6 Å². The molecule has 2 N–H and O–H groups in total. The average molecular weight is 308 g/mol. The minimum atomic E-state index is -0.517. The monoisotopic (exact) mass is 307 g/mol. The second-order valence-electron chi connectivity index (χ2n) is 4.43. The summed E-state index contributed by atoms with van der Waals surface area (Å²) in [6.07, 6.45) is 2.06. The smallest absolute Gasteiger partial charge is 0.312 e. The molecule has 0 aliphatic heterocycles. The van der Waals surface area contributed by atoms with Gasteiger partial charge in [0.15, 0.2) is 0 Å². The lowest BCUT2D eigenvalue weighted by Crippen LogP contribution is -2.08. The van der Waals surface area contributed by atoms with E-state index in [1.165, 1.54) is 12.3 Å². The van der Waals surface area contributed by atoms with E-state index in [1.807, 2.05) is 24.3 Å². The number of anilines is 1. The zero-order valence-corrected chi connectivity index (χ0v) is 11.9. The Morgan fingerprint density at radius 2 is 1.95 bits per heavy atom. The van der Waals surface area contributed by atoms with Crippen molar-refractivity contribution in [2.45, 2.75) is 13.0 Å². The summed E-state index contributed by atoms with van der Waals surface area (Å²) in [5.41, 5.74) is 1.77. The topological polar surface area (TPSA) is 88.3 Å². The van der Waals surface area contributed by atoms with Gasteiger partial charge in [-0.15, -0.1) is 0 Å². The van der Waals surface area contributed by atoms with Gasteiger partial charge in [-0.3, -0.25) is 10.1 Å². The fraction of sp³-hybridized carbons (Fsp3) is 0.214. The Kier molecular flexibility index (Phi) is 5.08. The molecule has 6 nitrogen and oxygen atoms in total. The average Bonchev–Trinajstić information content (AvgIpc) is 2.49. The molecule has 0 radical (unpaired) electrons. The van der Waals surface area contributed by atoms with E-state index >= 15 is 0 Å². The van der Waals surface area contributed by atoms with Gasteiger partial charge in [0.2, 0.25) is 5.82 Å². The molecule has 1 heterocycles. The Balaban J connectivity index is 1.98. The Bertz CT molecular complexity index is 632. The molecule has 0 aliphatic rings. The third-order valence-corrected chi connectivity index (χ3v) is 3.15. The first kappa shape index (κ1) is 15.2. The minimum Gasteiger partial charge on any atom is -0.392 e. The molecule has 21 heavy (non-hydrogen) atoms. The van der Waals surface area contributed by atoms with Crippen LogP contribution in [-0.4, -0.2) is 21.6 Å². The molecule has 2 rings (SSSR count). The number of hydrogen-bond acceptors (Lipinski definition) is 5. The normalized spacial score (nSPS) is 10.4. The van der Waals surface area contributed by atoms with E-state index in [0.717, 1.165) is 11.1 Å². The molecule has 0 unspecified atom stereocenters. The van der Waals surface area contributed by atoms with Gasteiger partial charge in [0, 0.05) is 18.8 Å². The van der Waals surface area contributed by atoms with Crippen LogP contribution in [0.25, 0.3) is 0 Å². The van der Waals surface area contributed by atoms with Crippen molar-refractivity contribution in [2.24, 2.45) is 0 Å². The van der Waals surface area contributed by atoms with Crippen LogP contribution in [0.5, 0.6) is 0 Å². The van der Waals surface area contributed by atoms with E-state index in [2.05, 4.69) is 10.3 Å². The fourth-order valence-corrected chi connectivity index (χ4v) is 1.99. The second-order valence-corrected chi connectivity index (χ2v) is 4.87. The van der Waals surface area contributed by atoms with Gasteiger partial charge in [0.1, 0.15) is 0 Å². The molecular formula is C14H14ClN3O3. The first-order chi connectivity index (χ1) is 10.1. The van der Waals surface area contributed by atoms with E-state index in [4.69, 9.17) is 16.7 Å². The van der Waals surface area contributed by atoms with Crippen LogP contribution in [0.3, 0.4) is 0 Å². The van der Waals surface area contributed by atoms with Crippen LogP contribution in [0.1, 0.15) is 11.1 Å². The number of halogens is 1. The molecule has 110 valence electrons. The molecule has 0 aliphatic carbocycles. The molecule has 2 aromatic rings. The van der Waals surface area contributed by atoms with E-state index in [0.29, 0.717) is 13.0 Å². The van der Waals surface area contributed by atoms with Crippen molar-refractivity contribution in [1.82, 2.24) is 4.98 Å². The standard InChI is InChI=1S/C14H14ClN3O3/c15-12-7-13(18(20)21)14(17-8-12)16-6-5-10-1-3-11(9-19)4-2-10/h1-4,7-8,19H,5-6,9H2,(H,16,17). The maximum Gasteiger partial charge on any atom is 0.312 e. The predicted molar refractivity (Wildman–Crippen MR) is 80.5 cm³/mol. The quantitative estimate of drug-likeness (QED) is 0.633. The van der Waals surface area contributed by atoms with Crippen molar-refractivity contribution < 1.29 is 10.0 Å². The fourth-order valence-electron chi connectivity index (χ4n) is 1.84. The Morgan fingerprint density at radius 3 is 2.57 bits per heavy atom. The third-order valence-electron chi connectivity index (χ3n) is 2.94. The van der Waals surface area contributed by atoms with Crippen molar-refractivity contribution in [3.05, 3.63) is 62.8 Å². The van der Waals surface area contributed by atoms with E-state index in [-0.39, 0.29) is 23.1 Å². The molecule has 7 heteroatoms. The van der Waals surface area contributed by atoms with E-state index in [1.54, 1.807) is 0 Å². The van der Waals surface area contributed by atoms with Crippen LogP contribution < -0.4 is 5.32 Å². The molecule has 0 spiro atoms. The first-order valence-corrected chi connectivity index (χ1v) is 6.70. The predicted octanol–water partition coefficient (Wildman–Crippen LogP) is 2.79. The number of pyridine rings is 1. The highest BCUT2D eigenvalue weighted by atomic mass is 35.5. The van der Waals surface area contributed by atoms with Gasteiger partial charge < -0.3 is 10.4 Å². The molecule has 0 saturated carbocycles. The van der Waals surface area contributed by atoms with Crippen molar-refractivity contribution >= 4 is 23.1 Å². The number of nitro groups is 1. The highest BCUT2D eigenvalue weighted by Crippen LogP contribution is 2.24. The summed E-state index contributed by atoms with van der Waals surface area (Å²) in [6, 6.07) is 8.79. The van der Waals surface area contributed by atoms with Gasteiger partial charge in [0.25, 0.3) is 0 Å². The molecule has 0 amide bonds. The van der Waals surface area contributed by atoms with Crippen LogP contribution in [0, 0.1) is 10.1 Å². The number of benzene rings is 1. The number of nitrogens with one attached hydrogen (secondary N) is 1. The number of aliphatic hydroxyl groups is 1. The lowest BCUT2D eigenvalue weighted by atomic mass is 10.1. The highest BCUT2D eigenvalue weighted by Gasteiger charge is 2.15. The lowest BCUT2D eigenvalue weighted by molar-refractivity contribution is -0.384. The number of rotatable bonds is 6. The SMILES string of the molecule is O=[N+]([O-])c1cc(Cl)cnc1NCCc1ccc(CO)cc1. The molecule has 0 bridgehead atoms. The van der Waals surface area contributed by atoms with E-state index < -0.39 is 4.92 Å². The van der Waals surface area contributed by atoms with Gasteiger partial charge in [-0.1, -0.05) is 35.9 Å². The summed E-state index contributed by atoms with van der Waals surface area (Å²) in [6.45, 7) is 0.521. The summed E-state index contributed by atoms with van der Waals surface area (Å²) in [5, 5.41) is 23.1. The third kappa shape index (κ3) is 4.14. The maximum atomic E-state index is 10.9. The zero-order chi connectivity index (χ0) is 15.2. The second kappa shape index (κ2) is 7.01. The molecule has 1 aromatic carbocycles. The summed E-state index contributed by atoms with van der Waals surface area (Å²) in [5.74, 6) is 0.205. The number of aliphatic hydroxyl groups excluding tert-OH is 1. The lowest BCUT2D eigenvalue weighted by Gasteiger charge is -2.07. The molecular weight excluding hydrogens is 294 g/mol. The van der Waals surface area contributed by atoms with Gasteiger partial charge >= 0.3 is 5.69 Å². The molecule has 1 aromatic heterocycles. The Morgan fingerprint density at radius 1 is 1.29 bits per heavy atom. The number of hydrogen-bond donors (Lipinski definition) is 2. The van der Waals surface area contributed by atoms with Gasteiger partial charge in [-0.2, -0.15) is 0 Å². The van der Waals surface area contributed by atoms with Gasteiger partial charge in [0.05, 0.1) is 16.6 Å². The first-order valence-electron chi connectivity index (χ1n) is 6.32. The summed E-state index contributed by atoms with van der Waals surface area (Å²) in [4.78, 5) is 14.3. The van der Waals surface area contributed by atoms with Gasteiger partial charge in [-0.25, -0.2) is 4.98 Å². The molecule has 0 fully saturated rings. The minimum absolute atomic E-state index is 0.0133. The van der Waals surface area contributed by atoms with Gasteiger partial charge in [-0.05, 0) is 17.5 Å². The summed E-state index contributed by atoms with van der Waals surface area (Å²) in [7, 11) is 0. The van der Waals surface area contributed by atoms with Crippen LogP contribution in [0.15, 0.2) is 36.5 Å². The Hall–Kier alpha value is -2.18. The highest BCUT2D eigenvalue weighted by molar-refractivity contribution is 6.30. The summed E-state index contributed by atoms with van der Waals surface area (Å²) >= 11 is 5.70. The zero-order valence-electron chi connectivity index (χ0n) is 11.1. The van der Waals surface area contributed by atoms with Crippen molar-refractivity contribution in [3.8, 4) is 0 Å². The van der Waals surface area contributed by atoms with Crippen LogP contribution in [0.2, 0.25) is 5.02 Å². The Labute approximate surface area is 126 Å². The molecule has 0 atom stereocenters. The molecule has 0 saturated heterocycles. The number of aromatic nitrogens is 1. The van der Waals surface area contributed by atoms with Crippen LogP contribution in [-0.2, 0) is 13.0 Å². The van der Waals surface area contributed by atoms with E-state index in [9.17, 15) is 10.1 Å².